The van der Waals surface area contributed by atoms with Crippen molar-refractivity contribution >= 4 is 11.6 Å². The molecule has 0 radical (unpaired) electrons. The van der Waals surface area contributed by atoms with Gasteiger partial charge in [0.25, 0.3) is 0 Å². The van der Waals surface area contributed by atoms with Crippen LogP contribution in [0.5, 0.6) is 5.75 Å². The lowest BCUT2D eigenvalue weighted by Crippen LogP contribution is -2.31. The fraction of sp³-hybridized carbons (Fsp3) is 0.235. The molecule has 0 aliphatic rings. The third-order valence-electron chi connectivity index (χ3n) is 3.20. The minimum atomic E-state index is -0.244. The predicted octanol–water partition coefficient (Wildman–Crippen LogP) is 2.61. The molecule has 0 fully saturated rings. The number of amides is 1. The maximum absolute atomic E-state index is 13.4. The van der Waals surface area contributed by atoms with E-state index < -0.39 is 0 Å². The molecule has 0 aliphatic carbocycles. The van der Waals surface area contributed by atoms with Gasteiger partial charge in [-0.2, -0.15) is 0 Å². The minimum Gasteiger partial charge on any atom is -0.497 e. The van der Waals surface area contributed by atoms with E-state index in [1.54, 1.807) is 25.3 Å². The number of carbonyl (C=O) groups is 1. The molecule has 22 heavy (non-hydrogen) atoms. The van der Waals surface area contributed by atoms with Gasteiger partial charge in [0.2, 0.25) is 5.91 Å². The Morgan fingerprint density at radius 1 is 1.18 bits per heavy atom. The fourth-order valence-corrected chi connectivity index (χ4v) is 2.02. The summed E-state index contributed by atoms with van der Waals surface area (Å²) in [6.45, 7) is 0.560. The van der Waals surface area contributed by atoms with Crippen molar-refractivity contribution in [1.82, 2.24) is 5.32 Å². The van der Waals surface area contributed by atoms with Gasteiger partial charge in [-0.1, -0.05) is 24.3 Å². The summed E-state index contributed by atoms with van der Waals surface area (Å²) < 4.78 is 18.5. The number of rotatable bonds is 7. The van der Waals surface area contributed by atoms with Gasteiger partial charge in [-0.15, -0.1) is 0 Å². The highest BCUT2D eigenvalue weighted by Gasteiger charge is 2.04. The molecule has 2 N–H and O–H groups in total. The largest absolute Gasteiger partial charge is 0.497 e. The Bertz CT molecular complexity index is 632. The summed E-state index contributed by atoms with van der Waals surface area (Å²) in [4.78, 5) is 11.7. The predicted molar refractivity (Wildman–Crippen MR) is 84.6 cm³/mol. The monoisotopic (exact) mass is 302 g/mol. The van der Waals surface area contributed by atoms with Crippen LogP contribution < -0.4 is 15.4 Å². The van der Waals surface area contributed by atoms with Crippen molar-refractivity contribution in [3.05, 3.63) is 59.9 Å². The second-order valence-corrected chi connectivity index (χ2v) is 4.78. The number of halogens is 1. The molecule has 4 nitrogen and oxygen atoms in total. The molecular formula is C17H19FN2O2. The van der Waals surface area contributed by atoms with Crippen molar-refractivity contribution < 1.29 is 13.9 Å². The van der Waals surface area contributed by atoms with E-state index in [1.807, 2.05) is 24.3 Å². The first kappa shape index (κ1) is 15.8. The van der Waals surface area contributed by atoms with Crippen molar-refractivity contribution in [2.45, 2.75) is 6.42 Å². The van der Waals surface area contributed by atoms with Gasteiger partial charge in [-0.05, 0) is 30.2 Å². The molecule has 0 atom stereocenters. The topological polar surface area (TPSA) is 50.4 Å². The highest BCUT2D eigenvalue weighted by atomic mass is 19.1. The molecule has 116 valence electrons. The van der Waals surface area contributed by atoms with E-state index >= 15 is 0 Å². The summed E-state index contributed by atoms with van der Waals surface area (Å²) in [5, 5.41) is 5.77. The molecular weight excluding hydrogens is 283 g/mol. The van der Waals surface area contributed by atoms with Gasteiger partial charge >= 0.3 is 0 Å². The van der Waals surface area contributed by atoms with E-state index in [1.165, 1.54) is 6.07 Å². The zero-order valence-electron chi connectivity index (χ0n) is 12.4. The van der Waals surface area contributed by atoms with Crippen LogP contribution >= 0.6 is 0 Å². The quantitative estimate of drug-likeness (QED) is 0.826. The number of hydrogen-bond donors (Lipinski definition) is 2. The SMILES string of the molecule is COc1cccc(NCC(=O)NCCc2ccccc2F)c1. The minimum absolute atomic E-state index is 0.140. The Kier molecular flexibility index (Phi) is 5.77. The Hall–Kier alpha value is -2.56. The molecule has 0 unspecified atom stereocenters. The molecule has 5 heteroatoms. The smallest absolute Gasteiger partial charge is 0.239 e. The Morgan fingerprint density at radius 3 is 2.77 bits per heavy atom. The van der Waals surface area contributed by atoms with Crippen molar-refractivity contribution in [3.63, 3.8) is 0 Å². The molecule has 0 aromatic heterocycles. The summed E-state index contributed by atoms with van der Waals surface area (Å²) in [6.07, 6.45) is 0.470. The second-order valence-electron chi connectivity index (χ2n) is 4.78. The lowest BCUT2D eigenvalue weighted by molar-refractivity contribution is -0.119. The van der Waals surface area contributed by atoms with Gasteiger partial charge in [0.05, 0.1) is 13.7 Å². The highest BCUT2D eigenvalue weighted by molar-refractivity contribution is 5.80. The fourth-order valence-electron chi connectivity index (χ4n) is 2.02. The first-order valence-corrected chi connectivity index (χ1v) is 7.07. The van der Waals surface area contributed by atoms with E-state index in [9.17, 15) is 9.18 Å². The van der Waals surface area contributed by atoms with Gasteiger partial charge < -0.3 is 15.4 Å². The van der Waals surface area contributed by atoms with E-state index in [2.05, 4.69) is 10.6 Å². The van der Waals surface area contributed by atoms with Crippen molar-refractivity contribution in [2.24, 2.45) is 0 Å². The van der Waals surface area contributed by atoms with Crippen molar-refractivity contribution in [3.8, 4) is 5.75 Å². The molecule has 2 aromatic rings. The van der Waals surface area contributed by atoms with E-state index in [0.717, 1.165) is 11.4 Å². The normalized spacial score (nSPS) is 10.1. The third-order valence-corrected chi connectivity index (χ3v) is 3.20. The van der Waals surface area contributed by atoms with Crippen LogP contribution in [-0.2, 0) is 11.2 Å². The maximum atomic E-state index is 13.4. The van der Waals surface area contributed by atoms with Crippen molar-refractivity contribution in [1.29, 1.82) is 0 Å². The number of nitrogens with one attached hydrogen (secondary N) is 2. The van der Waals surface area contributed by atoms with Gasteiger partial charge in [0.1, 0.15) is 11.6 Å². The lowest BCUT2D eigenvalue weighted by atomic mass is 10.1. The first-order chi connectivity index (χ1) is 10.7. The van der Waals surface area contributed by atoms with Crippen LogP contribution in [0.1, 0.15) is 5.56 Å². The first-order valence-electron chi connectivity index (χ1n) is 7.07. The highest BCUT2D eigenvalue weighted by Crippen LogP contribution is 2.16. The van der Waals surface area contributed by atoms with Crippen LogP contribution in [-0.4, -0.2) is 26.1 Å². The van der Waals surface area contributed by atoms with Gasteiger partial charge in [-0.25, -0.2) is 4.39 Å². The zero-order valence-corrected chi connectivity index (χ0v) is 12.4. The van der Waals surface area contributed by atoms with E-state index in [0.29, 0.717) is 18.5 Å². The Balaban J connectivity index is 1.73. The summed E-state index contributed by atoms with van der Waals surface area (Å²) >= 11 is 0. The summed E-state index contributed by atoms with van der Waals surface area (Å²) in [5.41, 5.74) is 1.41. The number of anilines is 1. The maximum Gasteiger partial charge on any atom is 0.239 e. The lowest BCUT2D eigenvalue weighted by Gasteiger charge is -2.09. The molecule has 2 rings (SSSR count). The van der Waals surface area contributed by atoms with Crippen LogP contribution in [0.25, 0.3) is 0 Å². The Morgan fingerprint density at radius 2 is 2.00 bits per heavy atom. The zero-order chi connectivity index (χ0) is 15.8. The molecule has 0 aliphatic heterocycles. The van der Waals surface area contributed by atoms with Crippen LogP contribution in [0.2, 0.25) is 0 Å². The number of hydrogen-bond acceptors (Lipinski definition) is 3. The number of carbonyl (C=O) groups excluding carboxylic acids is 1. The van der Waals surface area contributed by atoms with Crippen LogP contribution in [0.4, 0.5) is 10.1 Å². The van der Waals surface area contributed by atoms with Gasteiger partial charge in [-0.3, -0.25) is 4.79 Å². The molecule has 0 saturated heterocycles. The Labute approximate surface area is 129 Å². The molecule has 0 bridgehead atoms. The standard InChI is InChI=1S/C17H19FN2O2/c1-22-15-7-4-6-14(11-15)20-12-17(21)19-10-9-13-5-2-3-8-16(13)18/h2-8,11,20H,9-10,12H2,1H3,(H,19,21). The van der Waals surface area contributed by atoms with Crippen LogP contribution in [0.15, 0.2) is 48.5 Å². The molecule has 0 heterocycles. The molecule has 0 spiro atoms. The summed E-state index contributed by atoms with van der Waals surface area (Å²) in [7, 11) is 1.59. The number of methoxy groups -OCH3 is 1. The summed E-state index contributed by atoms with van der Waals surface area (Å²) in [6, 6.07) is 13.9. The number of ether oxygens (including phenoxy) is 1. The van der Waals surface area contributed by atoms with E-state index in [4.69, 9.17) is 4.74 Å². The van der Waals surface area contributed by atoms with Gasteiger partial charge in [0, 0.05) is 18.3 Å². The van der Waals surface area contributed by atoms with Crippen LogP contribution in [0, 0.1) is 5.82 Å². The van der Waals surface area contributed by atoms with Crippen molar-refractivity contribution in [2.75, 3.05) is 25.5 Å². The molecule has 2 aromatic carbocycles. The summed E-state index contributed by atoms with van der Waals surface area (Å²) in [5.74, 6) is 0.343. The second kappa shape index (κ2) is 8.02. The number of benzene rings is 2. The average Bonchev–Trinajstić information content (AvgIpc) is 2.55. The molecule has 1 amide bonds. The van der Waals surface area contributed by atoms with Crippen LogP contribution in [0.3, 0.4) is 0 Å². The third kappa shape index (κ3) is 4.77. The van der Waals surface area contributed by atoms with E-state index in [-0.39, 0.29) is 18.3 Å². The molecule has 0 saturated carbocycles. The van der Waals surface area contributed by atoms with Gasteiger partial charge in [0.15, 0.2) is 0 Å². The average molecular weight is 302 g/mol.